The number of nitro groups is 1. The number of rotatable bonds is 4. The molecule has 8 heteroatoms. The van der Waals surface area contributed by atoms with Crippen molar-refractivity contribution in [1.29, 1.82) is 0 Å². The van der Waals surface area contributed by atoms with Gasteiger partial charge in [0.2, 0.25) is 5.78 Å². The Hall–Kier alpha value is -3.55. The van der Waals surface area contributed by atoms with E-state index in [4.69, 9.17) is 0 Å². The maximum atomic E-state index is 13.7. The van der Waals surface area contributed by atoms with E-state index in [1.165, 1.54) is 36.5 Å². The zero-order valence-electron chi connectivity index (χ0n) is 14.4. The molecule has 2 aromatic carbocycles. The fraction of sp³-hybridized carbons (Fsp3) is 0.158. The Kier molecular flexibility index (Phi) is 3.95. The number of nitrogens with zero attached hydrogens (tertiary/aromatic N) is 4. The molecule has 0 saturated heterocycles. The second kappa shape index (κ2) is 6.31. The molecule has 7 nitrogen and oxygen atoms in total. The molecular weight excluding hydrogens is 351 g/mol. The molecule has 0 fully saturated rings. The van der Waals surface area contributed by atoms with E-state index >= 15 is 0 Å². The first kappa shape index (κ1) is 16.9. The topological polar surface area (TPSA) is 81.3 Å². The molecule has 136 valence electrons. The number of ketones is 1. The van der Waals surface area contributed by atoms with Gasteiger partial charge in [-0.05, 0) is 36.2 Å². The van der Waals surface area contributed by atoms with Gasteiger partial charge in [-0.15, -0.1) is 0 Å². The van der Waals surface area contributed by atoms with Gasteiger partial charge in [0.1, 0.15) is 11.5 Å². The highest BCUT2D eigenvalue weighted by atomic mass is 19.1. The molecule has 0 N–H and O–H groups in total. The van der Waals surface area contributed by atoms with Gasteiger partial charge in [0.25, 0.3) is 5.69 Å². The normalized spacial score (nSPS) is 12.9. The first-order valence-corrected chi connectivity index (χ1v) is 8.32. The van der Waals surface area contributed by atoms with Gasteiger partial charge in [-0.1, -0.05) is 6.07 Å². The monoisotopic (exact) mass is 366 g/mol. The lowest BCUT2D eigenvalue weighted by molar-refractivity contribution is -0.384. The van der Waals surface area contributed by atoms with Crippen molar-refractivity contribution in [2.45, 2.75) is 6.42 Å². The fourth-order valence-electron chi connectivity index (χ4n) is 3.36. The van der Waals surface area contributed by atoms with Crippen LogP contribution in [0.3, 0.4) is 0 Å². The summed E-state index contributed by atoms with van der Waals surface area (Å²) in [6.45, 7) is 0.506. The van der Waals surface area contributed by atoms with Crippen LogP contribution in [0.25, 0.3) is 0 Å². The first-order valence-electron chi connectivity index (χ1n) is 8.32. The number of nitro benzene ring substituents is 1. The van der Waals surface area contributed by atoms with E-state index in [2.05, 4.69) is 4.98 Å². The number of carbonyl (C=O) groups excluding carboxylic acids is 1. The van der Waals surface area contributed by atoms with Crippen LogP contribution < -0.4 is 4.90 Å². The van der Waals surface area contributed by atoms with Crippen LogP contribution in [0.1, 0.15) is 21.7 Å². The quantitative estimate of drug-likeness (QED) is 0.402. The summed E-state index contributed by atoms with van der Waals surface area (Å²) in [5.74, 6) is -0.597. The maximum absolute atomic E-state index is 13.7. The maximum Gasteiger partial charge on any atom is 0.293 e. The number of aryl methyl sites for hydroxylation is 1. The summed E-state index contributed by atoms with van der Waals surface area (Å²) < 4.78 is 15.2. The molecule has 1 aliphatic heterocycles. The van der Waals surface area contributed by atoms with E-state index in [9.17, 15) is 19.3 Å². The summed E-state index contributed by atoms with van der Waals surface area (Å²) in [5.41, 5.74) is 1.85. The van der Waals surface area contributed by atoms with Gasteiger partial charge in [-0.3, -0.25) is 14.9 Å². The predicted octanol–water partition coefficient (Wildman–Crippen LogP) is 3.39. The fourth-order valence-corrected chi connectivity index (χ4v) is 3.36. The number of aromatic nitrogens is 2. The number of anilines is 2. The van der Waals surface area contributed by atoms with Gasteiger partial charge in [0.15, 0.2) is 5.82 Å². The average Bonchev–Trinajstić information content (AvgIpc) is 3.26. The standard InChI is InChI=1S/C19H15FN4O3/c1-22-9-7-21-19(22)18(25)13-3-5-15(17(10-13)24(26)27)23-8-6-12-2-4-14(20)11-16(12)23/h2-5,7,9-11H,6,8H2,1H3. The Morgan fingerprint density at radius 2 is 2.04 bits per heavy atom. The van der Waals surface area contributed by atoms with Crippen molar-refractivity contribution in [2.24, 2.45) is 7.05 Å². The third-order valence-corrected chi connectivity index (χ3v) is 4.69. The second-order valence-corrected chi connectivity index (χ2v) is 6.33. The number of carbonyl (C=O) groups is 1. The zero-order valence-corrected chi connectivity index (χ0v) is 14.4. The van der Waals surface area contributed by atoms with E-state index in [1.54, 1.807) is 28.8 Å². The van der Waals surface area contributed by atoms with Crippen LogP contribution in [0.5, 0.6) is 0 Å². The molecule has 0 atom stereocenters. The van der Waals surface area contributed by atoms with E-state index in [1.807, 2.05) is 0 Å². The molecule has 2 heterocycles. The Labute approximate surface area is 153 Å². The van der Waals surface area contributed by atoms with Crippen LogP contribution in [0.4, 0.5) is 21.5 Å². The minimum atomic E-state index is -0.526. The van der Waals surface area contributed by atoms with Crippen molar-refractivity contribution in [1.82, 2.24) is 9.55 Å². The van der Waals surface area contributed by atoms with Crippen LogP contribution >= 0.6 is 0 Å². The molecule has 4 rings (SSSR count). The molecule has 1 aromatic heterocycles. The predicted molar refractivity (Wildman–Crippen MR) is 96.8 cm³/mol. The Morgan fingerprint density at radius 3 is 2.74 bits per heavy atom. The van der Waals surface area contributed by atoms with Crippen molar-refractivity contribution in [3.8, 4) is 0 Å². The molecule has 0 amide bonds. The lowest BCUT2D eigenvalue weighted by atomic mass is 10.1. The molecular formula is C19H15FN4O3. The number of hydrogen-bond acceptors (Lipinski definition) is 5. The molecule has 0 spiro atoms. The number of halogens is 1. The molecule has 0 bridgehead atoms. The summed E-state index contributed by atoms with van der Waals surface area (Å²) in [7, 11) is 1.68. The highest BCUT2D eigenvalue weighted by molar-refractivity contribution is 6.07. The summed E-state index contributed by atoms with van der Waals surface area (Å²) in [5, 5.41) is 11.7. The third kappa shape index (κ3) is 2.84. The van der Waals surface area contributed by atoms with Crippen LogP contribution in [0.2, 0.25) is 0 Å². The van der Waals surface area contributed by atoms with Crippen LogP contribution in [-0.2, 0) is 13.5 Å². The van der Waals surface area contributed by atoms with Crippen molar-refractivity contribution in [3.63, 3.8) is 0 Å². The van der Waals surface area contributed by atoms with Crippen molar-refractivity contribution in [2.75, 3.05) is 11.4 Å². The molecule has 0 unspecified atom stereocenters. The molecule has 0 radical (unpaired) electrons. The summed E-state index contributed by atoms with van der Waals surface area (Å²) in [4.78, 5) is 29.5. The van der Waals surface area contributed by atoms with Gasteiger partial charge in [-0.2, -0.15) is 0 Å². The molecule has 3 aromatic rings. The molecule has 0 aliphatic carbocycles. The Morgan fingerprint density at radius 1 is 1.22 bits per heavy atom. The second-order valence-electron chi connectivity index (χ2n) is 6.33. The average molecular weight is 366 g/mol. The molecule has 0 saturated carbocycles. The van der Waals surface area contributed by atoms with Crippen LogP contribution in [-0.4, -0.2) is 26.8 Å². The van der Waals surface area contributed by atoms with Gasteiger partial charge < -0.3 is 9.47 Å². The van der Waals surface area contributed by atoms with Crippen molar-refractivity contribution in [3.05, 3.63) is 81.7 Å². The Balaban J connectivity index is 1.78. The Bertz CT molecular complexity index is 1080. The zero-order chi connectivity index (χ0) is 19.1. The summed E-state index contributed by atoms with van der Waals surface area (Å²) in [6, 6.07) is 8.77. The first-order chi connectivity index (χ1) is 13.0. The van der Waals surface area contributed by atoms with E-state index in [0.29, 0.717) is 24.3 Å². The highest BCUT2D eigenvalue weighted by Crippen LogP contribution is 2.40. The summed E-state index contributed by atoms with van der Waals surface area (Å²) >= 11 is 0. The minimum Gasteiger partial charge on any atom is -0.335 e. The van der Waals surface area contributed by atoms with Gasteiger partial charge >= 0.3 is 0 Å². The largest absolute Gasteiger partial charge is 0.335 e. The third-order valence-electron chi connectivity index (χ3n) is 4.69. The van der Waals surface area contributed by atoms with E-state index in [0.717, 1.165) is 5.56 Å². The number of imidazole rings is 1. The highest BCUT2D eigenvalue weighted by Gasteiger charge is 2.28. The number of fused-ring (bicyclic) bond motifs is 1. The lowest BCUT2D eigenvalue weighted by Gasteiger charge is -2.19. The number of benzene rings is 2. The van der Waals surface area contributed by atoms with Gasteiger partial charge in [0, 0.05) is 43.3 Å². The molecule has 1 aliphatic rings. The van der Waals surface area contributed by atoms with E-state index in [-0.39, 0.29) is 17.1 Å². The molecule has 27 heavy (non-hydrogen) atoms. The summed E-state index contributed by atoms with van der Waals surface area (Å²) in [6.07, 6.45) is 3.79. The SMILES string of the molecule is Cn1ccnc1C(=O)c1ccc(N2CCc3ccc(F)cc32)c([N+](=O)[O-])c1. The van der Waals surface area contributed by atoms with Crippen molar-refractivity contribution >= 4 is 22.8 Å². The lowest BCUT2D eigenvalue weighted by Crippen LogP contribution is -2.16. The van der Waals surface area contributed by atoms with Crippen LogP contribution in [0.15, 0.2) is 48.8 Å². The van der Waals surface area contributed by atoms with Gasteiger partial charge in [-0.25, -0.2) is 9.37 Å². The van der Waals surface area contributed by atoms with Crippen LogP contribution in [0, 0.1) is 15.9 Å². The number of hydrogen-bond donors (Lipinski definition) is 0. The van der Waals surface area contributed by atoms with Gasteiger partial charge in [0.05, 0.1) is 4.92 Å². The smallest absolute Gasteiger partial charge is 0.293 e. The minimum absolute atomic E-state index is 0.179. The van der Waals surface area contributed by atoms with Crippen molar-refractivity contribution < 1.29 is 14.1 Å². The van der Waals surface area contributed by atoms with E-state index < -0.39 is 16.5 Å².